The average molecular weight is 261 g/mol. The Kier molecular flexibility index (Phi) is 3.82. The zero-order valence-corrected chi connectivity index (χ0v) is 8.59. The Morgan fingerprint density at radius 2 is 1.89 bits per heavy atom. The molecule has 0 aliphatic rings. The molecule has 18 heavy (non-hydrogen) atoms. The third-order valence-electron chi connectivity index (χ3n) is 1.99. The molecular formula is C10H4F5N3. The molecule has 0 unspecified atom stereocenters. The van der Waals surface area contributed by atoms with Gasteiger partial charge in [0.25, 0.3) is 6.43 Å². The summed E-state index contributed by atoms with van der Waals surface area (Å²) in [5, 5.41) is 17.0. The largest absolute Gasteiger partial charge is 0.419 e. The van der Waals surface area contributed by atoms with Gasteiger partial charge in [-0.3, -0.25) is 4.98 Å². The van der Waals surface area contributed by atoms with Crippen molar-refractivity contribution in [1.29, 1.82) is 10.5 Å². The van der Waals surface area contributed by atoms with E-state index in [0.717, 1.165) is 0 Å². The van der Waals surface area contributed by atoms with Gasteiger partial charge in [-0.15, -0.1) is 0 Å². The monoisotopic (exact) mass is 261 g/mol. The Labute approximate surface area is 98.1 Å². The molecule has 0 atom stereocenters. The van der Waals surface area contributed by atoms with Crippen molar-refractivity contribution in [3.05, 3.63) is 28.6 Å². The highest BCUT2D eigenvalue weighted by Gasteiger charge is 2.38. The average Bonchev–Trinajstić information content (AvgIpc) is 2.26. The molecule has 0 saturated carbocycles. The molecule has 1 rings (SSSR count). The van der Waals surface area contributed by atoms with Crippen LogP contribution in [-0.4, -0.2) is 4.98 Å². The summed E-state index contributed by atoms with van der Waals surface area (Å²) in [6.07, 6.45) is -8.84. The molecule has 0 aliphatic carbocycles. The van der Waals surface area contributed by atoms with Crippen molar-refractivity contribution in [1.82, 2.24) is 4.98 Å². The number of aromatic nitrogens is 1. The maximum atomic E-state index is 12.7. The third kappa shape index (κ3) is 2.72. The highest BCUT2D eigenvalue weighted by molar-refractivity contribution is 5.44. The summed E-state index contributed by atoms with van der Waals surface area (Å²) in [5.41, 5.74) is -4.21. The molecule has 1 heterocycles. The zero-order valence-electron chi connectivity index (χ0n) is 8.59. The minimum Gasteiger partial charge on any atom is -0.250 e. The normalized spacial score (nSPS) is 11.1. The van der Waals surface area contributed by atoms with E-state index in [2.05, 4.69) is 4.98 Å². The van der Waals surface area contributed by atoms with E-state index in [4.69, 9.17) is 10.5 Å². The summed E-state index contributed by atoms with van der Waals surface area (Å²) in [6, 6.07) is 2.97. The second kappa shape index (κ2) is 4.96. The van der Waals surface area contributed by atoms with E-state index in [1.165, 1.54) is 12.1 Å². The molecule has 0 fully saturated rings. The van der Waals surface area contributed by atoms with Crippen molar-refractivity contribution in [3.63, 3.8) is 0 Å². The van der Waals surface area contributed by atoms with Crippen molar-refractivity contribution in [2.24, 2.45) is 0 Å². The van der Waals surface area contributed by atoms with Gasteiger partial charge >= 0.3 is 6.18 Å². The van der Waals surface area contributed by atoms with Gasteiger partial charge in [0, 0.05) is 0 Å². The van der Waals surface area contributed by atoms with E-state index in [1.807, 2.05) is 0 Å². The lowest BCUT2D eigenvalue weighted by Crippen LogP contribution is -2.15. The van der Waals surface area contributed by atoms with E-state index >= 15 is 0 Å². The highest BCUT2D eigenvalue weighted by Crippen LogP contribution is 2.35. The molecule has 0 N–H and O–H groups in total. The summed E-state index contributed by atoms with van der Waals surface area (Å²) in [4.78, 5) is 3.09. The lowest BCUT2D eigenvalue weighted by atomic mass is 10.0. The van der Waals surface area contributed by atoms with Gasteiger partial charge in [0.2, 0.25) is 0 Å². The zero-order chi connectivity index (χ0) is 13.9. The summed E-state index contributed by atoms with van der Waals surface area (Å²) < 4.78 is 62.8. The summed E-state index contributed by atoms with van der Waals surface area (Å²) >= 11 is 0. The SMILES string of the molecule is N#CCc1nc(C(F)F)cc(C#N)c1C(F)(F)F. The quantitative estimate of drug-likeness (QED) is 0.769. The van der Waals surface area contributed by atoms with Crippen LogP contribution in [0.25, 0.3) is 0 Å². The van der Waals surface area contributed by atoms with Crippen LogP contribution in [0.5, 0.6) is 0 Å². The lowest BCUT2D eigenvalue weighted by molar-refractivity contribution is -0.138. The second-order valence-corrected chi connectivity index (χ2v) is 3.16. The van der Waals surface area contributed by atoms with E-state index < -0.39 is 41.5 Å². The minimum absolute atomic E-state index is 0.383. The van der Waals surface area contributed by atoms with Crippen LogP contribution < -0.4 is 0 Å². The Bertz CT molecular complexity index is 536. The minimum atomic E-state index is -4.93. The topological polar surface area (TPSA) is 60.5 Å². The van der Waals surface area contributed by atoms with Gasteiger partial charge in [-0.2, -0.15) is 23.7 Å². The lowest BCUT2D eigenvalue weighted by Gasteiger charge is -2.13. The number of halogens is 5. The Morgan fingerprint density at radius 3 is 2.28 bits per heavy atom. The fourth-order valence-electron chi connectivity index (χ4n) is 1.34. The smallest absolute Gasteiger partial charge is 0.250 e. The molecule has 0 saturated heterocycles. The van der Waals surface area contributed by atoms with Gasteiger partial charge < -0.3 is 0 Å². The van der Waals surface area contributed by atoms with Crippen LogP contribution in [0.1, 0.15) is 28.9 Å². The fourth-order valence-corrected chi connectivity index (χ4v) is 1.34. The van der Waals surface area contributed by atoms with Crippen LogP contribution in [-0.2, 0) is 12.6 Å². The molecule has 0 radical (unpaired) electrons. The number of hydrogen-bond acceptors (Lipinski definition) is 3. The number of alkyl halides is 5. The van der Waals surface area contributed by atoms with Crippen molar-refractivity contribution in [2.45, 2.75) is 19.0 Å². The van der Waals surface area contributed by atoms with Crippen LogP contribution >= 0.6 is 0 Å². The van der Waals surface area contributed by atoms with Crippen molar-refractivity contribution < 1.29 is 22.0 Å². The molecular weight excluding hydrogens is 257 g/mol. The van der Waals surface area contributed by atoms with Crippen molar-refractivity contribution in [3.8, 4) is 12.1 Å². The molecule has 0 spiro atoms. The highest BCUT2D eigenvalue weighted by atomic mass is 19.4. The van der Waals surface area contributed by atoms with Gasteiger partial charge in [-0.05, 0) is 6.07 Å². The predicted octanol–water partition coefficient (Wildman–Crippen LogP) is 2.98. The Balaban J connectivity index is 3.59. The predicted molar refractivity (Wildman–Crippen MR) is 48.2 cm³/mol. The van der Waals surface area contributed by atoms with Crippen LogP contribution in [0.4, 0.5) is 22.0 Å². The molecule has 0 bridgehead atoms. The van der Waals surface area contributed by atoms with Crippen LogP contribution in [0.15, 0.2) is 6.07 Å². The summed E-state index contributed by atoms with van der Waals surface area (Å²) in [6.45, 7) is 0. The first-order chi connectivity index (χ1) is 8.31. The standard InChI is InChI=1S/C10H4F5N3/c11-9(12)7-3-5(4-17)8(10(13,14)15)6(18-7)1-2-16/h3,9H,1H2. The number of rotatable bonds is 2. The molecule has 0 amide bonds. The van der Waals surface area contributed by atoms with Gasteiger partial charge in [-0.25, -0.2) is 8.78 Å². The van der Waals surface area contributed by atoms with Gasteiger partial charge in [0.05, 0.1) is 35.4 Å². The van der Waals surface area contributed by atoms with E-state index in [9.17, 15) is 22.0 Å². The molecule has 1 aromatic rings. The first kappa shape index (κ1) is 13.8. The third-order valence-corrected chi connectivity index (χ3v) is 1.99. The molecule has 94 valence electrons. The van der Waals surface area contributed by atoms with Gasteiger partial charge in [0.1, 0.15) is 5.69 Å². The van der Waals surface area contributed by atoms with E-state index in [0.29, 0.717) is 6.07 Å². The van der Waals surface area contributed by atoms with E-state index in [1.54, 1.807) is 0 Å². The van der Waals surface area contributed by atoms with Gasteiger partial charge in [0.15, 0.2) is 0 Å². The summed E-state index contributed by atoms with van der Waals surface area (Å²) in [5.74, 6) is 0. The molecule has 8 heteroatoms. The van der Waals surface area contributed by atoms with Crippen LogP contribution in [0.2, 0.25) is 0 Å². The molecule has 3 nitrogen and oxygen atoms in total. The Hall–Kier alpha value is -2.22. The summed E-state index contributed by atoms with van der Waals surface area (Å²) in [7, 11) is 0. The fraction of sp³-hybridized carbons (Fsp3) is 0.300. The molecule has 0 aliphatic heterocycles. The van der Waals surface area contributed by atoms with Crippen LogP contribution in [0, 0.1) is 22.7 Å². The molecule has 0 aromatic carbocycles. The number of nitriles is 2. The number of pyridine rings is 1. The van der Waals surface area contributed by atoms with Gasteiger partial charge in [-0.1, -0.05) is 0 Å². The second-order valence-electron chi connectivity index (χ2n) is 3.16. The number of hydrogen-bond donors (Lipinski definition) is 0. The van der Waals surface area contributed by atoms with Crippen molar-refractivity contribution in [2.75, 3.05) is 0 Å². The molecule has 1 aromatic heterocycles. The first-order valence-corrected chi connectivity index (χ1v) is 4.47. The van der Waals surface area contributed by atoms with E-state index in [-0.39, 0.29) is 0 Å². The number of nitrogens with zero attached hydrogens (tertiary/aromatic N) is 3. The van der Waals surface area contributed by atoms with Crippen LogP contribution in [0.3, 0.4) is 0 Å². The Morgan fingerprint density at radius 1 is 1.28 bits per heavy atom. The van der Waals surface area contributed by atoms with Crippen molar-refractivity contribution >= 4 is 0 Å². The maximum absolute atomic E-state index is 12.7. The first-order valence-electron chi connectivity index (χ1n) is 4.47. The maximum Gasteiger partial charge on any atom is 0.419 e.